The highest BCUT2D eigenvalue weighted by Crippen LogP contribution is 2.26. The Hall–Kier alpha value is -2.11. The van der Waals surface area contributed by atoms with Crippen LogP contribution in [0.3, 0.4) is 0 Å². The van der Waals surface area contributed by atoms with Gasteiger partial charge in [-0.05, 0) is 24.5 Å². The molecule has 1 fully saturated rings. The number of nitro groups is 1. The van der Waals surface area contributed by atoms with Gasteiger partial charge in [-0.25, -0.2) is 0 Å². The largest absolute Gasteiger partial charge is 0.383 e. The Morgan fingerprint density at radius 1 is 1.42 bits per heavy atom. The molecule has 1 aliphatic heterocycles. The SMILES string of the molecule is CNc1cc(CN2CCCCC2=O)ccc1[N+](=O)[O-]. The number of carbonyl (C=O) groups excluding carboxylic acids is 1. The third kappa shape index (κ3) is 3.01. The fourth-order valence-corrected chi connectivity index (χ4v) is 2.29. The molecule has 19 heavy (non-hydrogen) atoms. The van der Waals surface area contributed by atoms with E-state index in [-0.39, 0.29) is 11.6 Å². The van der Waals surface area contributed by atoms with Crippen molar-refractivity contribution in [3.8, 4) is 0 Å². The summed E-state index contributed by atoms with van der Waals surface area (Å²) in [5, 5.41) is 13.7. The van der Waals surface area contributed by atoms with Gasteiger partial charge in [-0.1, -0.05) is 6.07 Å². The molecular weight excluding hydrogens is 246 g/mol. The van der Waals surface area contributed by atoms with E-state index in [0.717, 1.165) is 24.9 Å². The first-order valence-corrected chi connectivity index (χ1v) is 6.34. The smallest absolute Gasteiger partial charge is 0.292 e. The van der Waals surface area contributed by atoms with Crippen LogP contribution < -0.4 is 5.32 Å². The molecule has 1 saturated heterocycles. The number of anilines is 1. The van der Waals surface area contributed by atoms with Crippen LogP contribution in [-0.4, -0.2) is 29.3 Å². The molecule has 0 radical (unpaired) electrons. The van der Waals surface area contributed by atoms with Crippen molar-refractivity contribution in [2.24, 2.45) is 0 Å². The second kappa shape index (κ2) is 5.69. The first-order chi connectivity index (χ1) is 9.11. The Kier molecular flexibility index (Phi) is 3.99. The van der Waals surface area contributed by atoms with Crippen LogP contribution in [0, 0.1) is 10.1 Å². The first-order valence-electron chi connectivity index (χ1n) is 6.34. The lowest BCUT2D eigenvalue weighted by molar-refractivity contribution is -0.384. The van der Waals surface area contributed by atoms with Crippen molar-refractivity contribution in [3.63, 3.8) is 0 Å². The number of hydrogen-bond acceptors (Lipinski definition) is 4. The van der Waals surface area contributed by atoms with Crippen molar-refractivity contribution in [2.45, 2.75) is 25.8 Å². The molecule has 2 rings (SSSR count). The molecule has 0 aromatic heterocycles. The summed E-state index contributed by atoms with van der Waals surface area (Å²) in [4.78, 5) is 24.0. The number of benzene rings is 1. The fourth-order valence-electron chi connectivity index (χ4n) is 2.29. The summed E-state index contributed by atoms with van der Waals surface area (Å²) in [7, 11) is 1.65. The summed E-state index contributed by atoms with van der Waals surface area (Å²) in [5.74, 6) is 0.163. The number of nitro benzene ring substituents is 1. The van der Waals surface area contributed by atoms with Gasteiger partial charge in [-0.2, -0.15) is 0 Å². The fraction of sp³-hybridized carbons (Fsp3) is 0.462. The van der Waals surface area contributed by atoms with Gasteiger partial charge in [0.1, 0.15) is 5.69 Å². The molecule has 1 N–H and O–H groups in total. The molecule has 1 aromatic rings. The highest BCUT2D eigenvalue weighted by Gasteiger charge is 2.19. The molecule has 1 amide bonds. The number of likely N-dealkylation sites (tertiary alicyclic amines) is 1. The lowest BCUT2D eigenvalue weighted by Gasteiger charge is -2.26. The molecule has 0 bridgehead atoms. The summed E-state index contributed by atoms with van der Waals surface area (Å²) in [6, 6.07) is 4.93. The Labute approximate surface area is 111 Å². The van der Waals surface area contributed by atoms with Crippen LogP contribution in [0.2, 0.25) is 0 Å². The topological polar surface area (TPSA) is 75.5 Å². The van der Waals surface area contributed by atoms with Gasteiger partial charge in [0.2, 0.25) is 5.91 Å². The monoisotopic (exact) mass is 263 g/mol. The Morgan fingerprint density at radius 2 is 2.21 bits per heavy atom. The van der Waals surface area contributed by atoms with E-state index in [9.17, 15) is 14.9 Å². The minimum absolute atomic E-state index is 0.0521. The van der Waals surface area contributed by atoms with E-state index in [2.05, 4.69) is 5.32 Å². The molecule has 1 heterocycles. The molecule has 102 valence electrons. The number of rotatable bonds is 4. The highest BCUT2D eigenvalue weighted by atomic mass is 16.6. The maximum Gasteiger partial charge on any atom is 0.292 e. The van der Waals surface area contributed by atoms with Crippen LogP contribution in [0.15, 0.2) is 18.2 Å². The summed E-state index contributed by atoms with van der Waals surface area (Å²) >= 11 is 0. The molecular formula is C13H17N3O3. The third-order valence-electron chi connectivity index (χ3n) is 3.32. The van der Waals surface area contributed by atoms with Gasteiger partial charge < -0.3 is 10.2 Å². The van der Waals surface area contributed by atoms with Crippen molar-refractivity contribution in [2.75, 3.05) is 18.9 Å². The second-order valence-electron chi connectivity index (χ2n) is 4.63. The van der Waals surface area contributed by atoms with Crippen molar-refractivity contribution in [3.05, 3.63) is 33.9 Å². The lowest BCUT2D eigenvalue weighted by Crippen LogP contribution is -2.34. The zero-order valence-electron chi connectivity index (χ0n) is 10.9. The van der Waals surface area contributed by atoms with Crippen LogP contribution in [0.25, 0.3) is 0 Å². The van der Waals surface area contributed by atoms with Gasteiger partial charge in [-0.15, -0.1) is 0 Å². The van der Waals surface area contributed by atoms with Gasteiger partial charge in [0.25, 0.3) is 5.69 Å². The summed E-state index contributed by atoms with van der Waals surface area (Å²) in [6.07, 6.45) is 2.58. The summed E-state index contributed by atoms with van der Waals surface area (Å²) in [6.45, 7) is 1.29. The van der Waals surface area contributed by atoms with Gasteiger partial charge in [0, 0.05) is 32.6 Å². The molecule has 0 saturated carbocycles. The van der Waals surface area contributed by atoms with Crippen LogP contribution in [0.5, 0.6) is 0 Å². The van der Waals surface area contributed by atoms with Crippen LogP contribution in [0.4, 0.5) is 11.4 Å². The molecule has 0 aliphatic carbocycles. The quantitative estimate of drug-likeness (QED) is 0.667. The van der Waals surface area contributed by atoms with E-state index >= 15 is 0 Å². The van der Waals surface area contributed by atoms with Gasteiger partial charge in [0.05, 0.1) is 4.92 Å². The van der Waals surface area contributed by atoms with Crippen LogP contribution >= 0.6 is 0 Å². The van der Waals surface area contributed by atoms with E-state index in [1.165, 1.54) is 6.07 Å². The number of carbonyl (C=O) groups is 1. The van der Waals surface area contributed by atoms with Crippen molar-refractivity contribution in [1.29, 1.82) is 0 Å². The average Bonchev–Trinajstić information content (AvgIpc) is 2.41. The van der Waals surface area contributed by atoms with Crippen molar-refractivity contribution >= 4 is 17.3 Å². The van der Waals surface area contributed by atoms with Crippen molar-refractivity contribution in [1.82, 2.24) is 4.90 Å². The molecule has 6 heteroatoms. The number of nitrogens with zero attached hydrogens (tertiary/aromatic N) is 2. The third-order valence-corrected chi connectivity index (χ3v) is 3.32. The second-order valence-corrected chi connectivity index (χ2v) is 4.63. The lowest BCUT2D eigenvalue weighted by atomic mass is 10.1. The van der Waals surface area contributed by atoms with Crippen LogP contribution in [0.1, 0.15) is 24.8 Å². The predicted octanol–water partition coefficient (Wildman–Crippen LogP) is 2.15. The molecule has 0 atom stereocenters. The average molecular weight is 263 g/mol. The van der Waals surface area contributed by atoms with E-state index in [0.29, 0.717) is 18.7 Å². The zero-order valence-corrected chi connectivity index (χ0v) is 10.9. The number of hydrogen-bond donors (Lipinski definition) is 1. The number of amides is 1. The standard InChI is InChI=1S/C13H17N3O3/c1-14-11-8-10(5-6-12(11)16(18)19)9-15-7-3-2-4-13(15)17/h5-6,8,14H,2-4,7,9H2,1H3. The van der Waals surface area contributed by atoms with Crippen molar-refractivity contribution < 1.29 is 9.72 Å². The minimum atomic E-state index is -0.415. The molecule has 1 aromatic carbocycles. The normalized spacial score (nSPS) is 15.4. The van der Waals surface area contributed by atoms with Gasteiger partial charge >= 0.3 is 0 Å². The van der Waals surface area contributed by atoms with Gasteiger partial charge in [-0.3, -0.25) is 14.9 Å². The van der Waals surface area contributed by atoms with Crippen LogP contribution in [-0.2, 0) is 11.3 Å². The molecule has 0 spiro atoms. The Balaban J connectivity index is 2.17. The Morgan fingerprint density at radius 3 is 2.84 bits per heavy atom. The molecule has 1 aliphatic rings. The van der Waals surface area contributed by atoms with E-state index in [1.807, 2.05) is 4.90 Å². The maximum atomic E-state index is 11.7. The Bertz CT molecular complexity index is 502. The first kappa shape index (κ1) is 13.3. The van der Waals surface area contributed by atoms with E-state index < -0.39 is 4.92 Å². The maximum absolute atomic E-state index is 11.7. The molecule has 0 unspecified atom stereocenters. The number of piperidine rings is 1. The van der Waals surface area contributed by atoms with E-state index in [4.69, 9.17) is 0 Å². The zero-order chi connectivity index (χ0) is 13.8. The predicted molar refractivity (Wildman–Crippen MR) is 71.9 cm³/mol. The highest BCUT2D eigenvalue weighted by molar-refractivity contribution is 5.77. The van der Waals surface area contributed by atoms with Gasteiger partial charge in [0.15, 0.2) is 0 Å². The molecule has 6 nitrogen and oxygen atoms in total. The van der Waals surface area contributed by atoms with E-state index in [1.54, 1.807) is 19.2 Å². The number of nitrogens with one attached hydrogen (secondary N) is 1. The summed E-state index contributed by atoms with van der Waals surface area (Å²) in [5.41, 5.74) is 1.44. The minimum Gasteiger partial charge on any atom is -0.383 e. The summed E-state index contributed by atoms with van der Waals surface area (Å²) < 4.78 is 0.